The van der Waals surface area contributed by atoms with Gasteiger partial charge in [0, 0.05) is 22.7 Å². The summed E-state index contributed by atoms with van der Waals surface area (Å²) < 4.78 is 0. The minimum Gasteiger partial charge on any atom is -0.323 e. The van der Waals surface area contributed by atoms with Gasteiger partial charge >= 0.3 is 0 Å². The number of hydrogen-bond donors (Lipinski definition) is 1. The van der Waals surface area contributed by atoms with E-state index in [1.54, 1.807) is 42.5 Å². The highest BCUT2D eigenvalue weighted by Crippen LogP contribution is 2.26. The first-order chi connectivity index (χ1) is 10.9. The third-order valence-electron chi connectivity index (χ3n) is 2.99. The standard InChI is InChI=1S/C16H13Cl3N2O2/c1-10(22)21(13-7-11(17)6-12(18)8-13)9-16(23)20-15-5-3-2-4-14(15)19/h2-8H,9H2,1H3,(H,20,23). The van der Waals surface area contributed by atoms with Gasteiger partial charge in [-0.3, -0.25) is 9.59 Å². The van der Waals surface area contributed by atoms with E-state index in [0.29, 0.717) is 26.4 Å². The van der Waals surface area contributed by atoms with E-state index in [4.69, 9.17) is 34.8 Å². The minimum absolute atomic E-state index is 0.183. The zero-order valence-corrected chi connectivity index (χ0v) is 14.4. The molecule has 23 heavy (non-hydrogen) atoms. The first-order valence-electron chi connectivity index (χ1n) is 6.65. The van der Waals surface area contributed by atoms with Gasteiger partial charge in [0.1, 0.15) is 6.54 Å². The smallest absolute Gasteiger partial charge is 0.244 e. The third kappa shape index (κ3) is 4.86. The van der Waals surface area contributed by atoms with Gasteiger partial charge in [0.05, 0.1) is 10.7 Å². The van der Waals surface area contributed by atoms with Gasteiger partial charge in [0.2, 0.25) is 11.8 Å². The second-order valence-electron chi connectivity index (χ2n) is 4.76. The molecule has 2 aromatic rings. The molecule has 2 amide bonds. The SMILES string of the molecule is CC(=O)N(CC(=O)Nc1ccccc1Cl)c1cc(Cl)cc(Cl)c1. The van der Waals surface area contributed by atoms with E-state index >= 15 is 0 Å². The Balaban J connectivity index is 2.18. The predicted octanol–water partition coefficient (Wildman–Crippen LogP) is 4.64. The van der Waals surface area contributed by atoms with Crippen LogP contribution in [0.15, 0.2) is 42.5 Å². The van der Waals surface area contributed by atoms with Gasteiger partial charge in [0.15, 0.2) is 0 Å². The Labute approximate surface area is 148 Å². The summed E-state index contributed by atoms with van der Waals surface area (Å²) in [5.41, 5.74) is 0.927. The van der Waals surface area contributed by atoms with E-state index in [2.05, 4.69) is 5.32 Å². The summed E-state index contributed by atoms with van der Waals surface area (Å²) >= 11 is 17.9. The maximum Gasteiger partial charge on any atom is 0.244 e. The molecule has 0 saturated heterocycles. The van der Waals surface area contributed by atoms with Crippen LogP contribution in [0, 0.1) is 0 Å². The molecule has 2 rings (SSSR count). The Hall–Kier alpha value is -1.75. The van der Waals surface area contributed by atoms with Crippen molar-refractivity contribution in [1.82, 2.24) is 0 Å². The quantitative estimate of drug-likeness (QED) is 0.851. The molecule has 0 saturated carbocycles. The molecule has 7 heteroatoms. The Morgan fingerprint density at radius 1 is 1.04 bits per heavy atom. The van der Waals surface area contributed by atoms with E-state index in [1.165, 1.54) is 11.8 Å². The van der Waals surface area contributed by atoms with Crippen molar-refractivity contribution < 1.29 is 9.59 Å². The molecule has 0 atom stereocenters. The number of nitrogens with one attached hydrogen (secondary N) is 1. The molecule has 0 heterocycles. The van der Waals surface area contributed by atoms with Gasteiger partial charge in [-0.1, -0.05) is 46.9 Å². The summed E-state index contributed by atoms with van der Waals surface area (Å²) in [6.45, 7) is 1.18. The number of hydrogen-bond acceptors (Lipinski definition) is 2. The second-order valence-corrected chi connectivity index (χ2v) is 6.04. The van der Waals surface area contributed by atoms with Crippen LogP contribution in [0.5, 0.6) is 0 Å². The number of halogens is 3. The topological polar surface area (TPSA) is 49.4 Å². The van der Waals surface area contributed by atoms with Gasteiger partial charge in [0.25, 0.3) is 0 Å². The van der Waals surface area contributed by atoms with E-state index in [1.807, 2.05) is 0 Å². The van der Waals surface area contributed by atoms with E-state index < -0.39 is 0 Å². The van der Waals surface area contributed by atoms with Crippen molar-refractivity contribution in [2.45, 2.75) is 6.92 Å². The van der Waals surface area contributed by atoms with Crippen LogP contribution in [0.1, 0.15) is 6.92 Å². The molecule has 0 aliphatic rings. The van der Waals surface area contributed by atoms with Gasteiger partial charge in [-0.05, 0) is 30.3 Å². The van der Waals surface area contributed by atoms with Crippen LogP contribution in [0.2, 0.25) is 15.1 Å². The zero-order valence-electron chi connectivity index (χ0n) is 12.1. The molecule has 1 N–H and O–H groups in total. The highest BCUT2D eigenvalue weighted by molar-refractivity contribution is 6.35. The van der Waals surface area contributed by atoms with E-state index in [-0.39, 0.29) is 18.4 Å². The highest BCUT2D eigenvalue weighted by Gasteiger charge is 2.17. The summed E-state index contributed by atoms with van der Waals surface area (Å²) in [6.07, 6.45) is 0. The lowest BCUT2D eigenvalue weighted by molar-refractivity contribution is -0.120. The normalized spacial score (nSPS) is 10.3. The van der Waals surface area contributed by atoms with Crippen molar-refractivity contribution in [2.75, 3.05) is 16.8 Å². The molecule has 0 aromatic heterocycles. The van der Waals surface area contributed by atoms with Crippen LogP contribution in [0.25, 0.3) is 0 Å². The minimum atomic E-state index is -0.385. The molecule has 0 radical (unpaired) electrons. The van der Waals surface area contributed by atoms with Crippen LogP contribution in [-0.4, -0.2) is 18.4 Å². The maximum absolute atomic E-state index is 12.2. The fourth-order valence-corrected chi connectivity index (χ4v) is 2.67. The van der Waals surface area contributed by atoms with Crippen LogP contribution >= 0.6 is 34.8 Å². The lowest BCUT2D eigenvalue weighted by Gasteiger charge is -2.21. The molecule has 120 valence electrons. The molecule has 2 aromatic carbocycles. The average Bonchev–Trinajstić information content (AvgIpc) is 2.46. The van der Waals surface area contributed by atoms with Crippen LogP contribution in [-0.2, 0) is 9.59 Å². The van der Waals surface area contributed by atoms with Crippen molar-refractivity contribution in [3.05, 3.63) is 57.5 Å². The zero-order chi connectivity index (χ0) is 17.0. The highest BCUT2D eigenvalue weighted by atomic mass is 35.5. The number of anilines is 2. The number of carbonyl (C=O) groups is 2. The maximum atomic E-state index is 12.2. The van der Waals surface area contributed by atoms with E-state index in [9.17, 15) is 9.59 Å². The van der Waals surface area contributed by atoms with Crippen molar-refractivity contribution in [2.24, 2.45) is 0 Å². The molecular formula is C16H13Cl3N2O2. The average molecular weight is 372 g/mol. The van der Waals surface area contributed by atoms with Gasteiger partial charge in [-0.15, -0.1) is 0 Å². The fraction of sp³-hybridized carbons (Fsp3) is 0.125. The number of para-hydroxylation sites is 1. The summed E-state index contributed by atoms with van der Waals surface area (Å²) in [5.74, 6) is -0.693. The fourth-order valence-electron chi connectivity index (χ4n) is 1.98. The van der Waals surface area contributed by atoms with Crippen LogP contribution in [0.3, 0.4) is 0 Å². The summed E-state index contributed by atoms with van der Waals surface area (Å²) in [6, 6.07) is 11.5. The van der Waals surface area contributed by atoms with Gasteiger partial charge < -0.3 is 10.2 Å². The first kappa shape index (κ1) is 17.6. The molecule has 0 spiro atoms. The summed E-state index contributed by atoms with van der Waals surface area (Å²) in [5, 5.41) is 3.84. The lowest BCUT2D eigenvalue weighted by atomic mass is 10.2. The molecule has 0 aliphatic carbocycles. The molecule has 4 nitrogen and oxygen atoms in total. The molecule has 0 bridgehead atoms. The molecule has 0 unspecified atom stereocenters. The lowest BCUT2D eigenvalue weighted by Crippen LogP contribution is -2.36. The number of benzene rings is 2. The Morgan fingerprint density at radius 3 is 2.22 bits per heavy atom. The van der Waals surface area contributed by atoms with Crippen molar-refractivity contribution in [3.8, 4) is 0 Å². The third-order valence-corrected chi connectivity index (χ3v) is 3.75. The Bertz CT molecular complexity index is 730. The van der Waals surface area contributed by atoms with Crippen molar-refractivity contribution in [3.63, 3.8) is 0 Å². The molecular weight excluding hydrogens is 359 g/mol. The van der Waals surface area contributed by atoms with Gasteiger partial charge in [-0.25, -0.2) is 0 Å². The largest absolute Gasteiger partial charge is 0.323 e. The second kappa shape index (κ2) is 7.68. The molecule has 0 aliphatic heterocycles. The number of nitrogens with zero attached hydrogens (tertiary/aromatic N) is 1. The summed E-state index contributed by atoms with van der Waals surface area (Å²) in [7, 11) is 0. The first-order valence-corrected chi connectivity index (χ1v) is 7.79. The van der Waals surface area contributed by atoms with Crippen LogP contribution < -0.4 is 10.2 Å². The van der Waals surface area contributed by atoms with E-state index in [0.717, 1.165) is 0 Å². The monoisotopic (exact) mass is 370 g/mol. The van der Waals surface area contributed by atoms with Crippen molar-refractivity contribution in [1.29, 1.82) is 0 Å². The predicted molar refractivity (Wildman–Crippen MR) is 94.6 cm³/mol. The number of rotatable bonds is 4. The van der Waals surface area contributed by atoms with Crippen LogP contribution in [0.4, 0.5) is 11.4 Å². The number of amides is 2. The molecule has 0 fully saturated rings. The van der Waals surface area contributed by atoms with Gasteiger partial charge in [-0.2, -0.15) is 0 Å². The summed E-state index contributed by atoms with van der Waals surface area (Å²) in [4.78, 5) is 25.3. The van der Waals surface area contributed by atoms with Crippen molar-refractivity contribution >= 4 is 58.0 Å². The Morgan fingerprint density at radius 2 is 1.65 bits per heavy atom. The Kier molecular flexibility index (Phi) is 5.88. The number of carbonyl (C=O) groups excluding carboxylic acids is 2.